The van der Waals surface area contributed by atoms with Gasteiger partial charge in [0, 0.05) is 0 Å². The molecule has 1 aliphatic rings. The van der Waals surface area contributed by atoms with Gasteiger partial charge in [-0.05, 0) is 0 Å². The van der Waals surface area contributed by atoms with Crippen LogP contribution in [0, 0.1) is 5.92 Å². The molecule has 1 aliphatic carbocycles. The first-order valence-electron chi connectivity index (χ1n) is 2.90. The maximum Gasteiger partial charge on any atom is 0.407 e. The number of carbonyl (C=O) groups is 1. The third-order valence-corrected chi connectivity index (χ3v) is 1.83. The van der Waals surface area contributed by atoms with Gasteiger partial charge in [-0.25, -0.2) is 18.0 Å². The molecule has 0 saturated heterocycles. The van der Waals surface area contributed by atoms with Crippen LogP contribution in [0.25, 0.3) is 0 Å². The predicted molar refractivity (Wildman–Crippen MR) is 29.1 cm³/mol. The SMILES string of the molecule is CC1C(F)(F)C1(F)NC(=O)O. The summed E-state index contributed by atoms with van der Waals surface area (Å²) in [6.45, 7) is 0.940. The molecule has 0 aromatic carbocycles. The Morgan fingerprint density at radius 3 is 2.00 bits per heavy atom. The fraction of sp³-hybridized carbons (Fsp3) is 0.800. The Labute approximate surface area is 60.2 Å². The van der Waals surface area contributed by atoms with Gasteiger partial charge in [0.2, 0.25) is 0 Å². The molecule has 1 fully saturated rings. The third kappa shape index (κ3) is 0.849. The normalized spacial score (nSPS) is 39.8. The van der Waals surface area contributed by atoms with Crippen LogP contribution in [-0.4, -0.2) is 22.9 Å². The molecule has 0 aliphatic heterocycles. The summed E-state index contributed by atoms with van der Waals surface area (Å²) >= 11 is 0. The number of hydrogen-bond donors (Lipinski definition) is 2. The molecule has 3 nitrogen and oxygen atoms in total. The molecule has 11 heavy (non-hydrogen) atoms. The van der Waals surface area contributed by atoms with E-state index >= 15 is 0 Å². The Hall–Kier alpha value is -0.940. The summed E-state index contributed by atoms with van der Waals surface area (Å²) in [5, 5.41) is 9.09. The largest absolute Gasteiger partial charge is 0.465 e. The maximum atomic E-state index is 12.7. The van der Waals surface area contributed by atoms with E-state index in [9.17, 15) is 18.0 Å². The van der Waals surface area contributed by atoms with Crippen LogP contribution in [0.4, 0.5) is 18.0 Å². The van der Waals surface area contributed by atoms with E-state index in [1.54, 1.807) is 0 Å². The summed E-state index contributed by atoms with van der Waals surface area (Å²) in [7, 11) is 0. The van der Waals surface area contributed by atoms with Gasteiger partial charge in [-0.2, -0.15) is 0 Å². The zero-order valence-electron chi connectivity index (χ0n) is 5.57. The Bertz CT molecular complexity index is 208. The van der Waals surface area contributed by atoms with E-state index in [4.69, 9.17) is 5.11 Å². The average molecular weight is 169 g/mol. The highest BCUT2D eigenvalue weighted by molar-refractivity contribution is 5.66. The van der Waals surface area contributed by atoms with Crippen LogP contribution in [0.3, 0.4) is 0 Å². The summed E-state index contributed by atoms with van der Waals surface area (Å²) < 4.78 is 37.1. The third-order valence-electron chi connectivity index (χ3n) is 1.83. The first-order chi connectivity index (χ1) is 4.82. The predicted octanol–water partition coefficient (Wildman–Crippen LogP) is 1.20. The van der Waals surface area contributed by atoms with Gasteiger partial charge in [0.25, 0.3) is 5.79 Å². The number of alkyl halides is 3. The molecule has 2 N–H and O–H groups in total. The lowest BCUT2D eigenvalue weighted by atomic mass is 10.4. The molecule has 0 heterocycles. The highest BCUT2D eigenvalue weighted by Crippen LogP contribution is 2.59. The van der Waals surface area contributed by atoms with Crippen molar-refractivity contribution in [2.45, 2.75) is 18.6 Å². The molecule has 0 spiro atoms. The summed E-state index contributed by atoms with van der Waals surface area (Å²) in [6, 6.07) is 0. The molecular weight excluding hydrogens is 163 g/mol. The minimum Gasteiger partial charge on any atom is -0.465 e. The summed E-state index contributed by atoms with van der Waals surface area (Å²) in [4.78, 5) is 9.80. The Morgan fingerprint density at radius 2 is 1.91 bits per heavy atom. The van der Waals surface area contributed by atoms with Crippen molar-refractivity contribution in [1.82, 2.24) is 5.32 Å². The van der Waals surface area contributed by atoms with Crippen LogP contribution >= 0.6 is 0 Å². The monoisotopic (exact) mass is 169 g/mol. The lowest BCUT2D eigenvalue weighted by Crippen LogP contribution is -2.37. The molecule has 0 aromatic rings. The van der Waals surface area contributed by atoms with Crippen molar-refractivity contribution in [2.75, 3.05) is 0 Å². The number of carboxylic acid groups (broad SMARTS) is 1. The van der Waals surface area contributed by atoms with E-state index in [-0.39, 0.29) is 0 Å². The van der Waals surface area contributed by atoms with E-state index in [0.717, 1.165) is 12.2 Å². The lowest BCUT2D eigenvalue weighted by molar-refractivity contribution is 0.0266. The second-order valence-corrected chi connectivity index (χ2v) is 2.49. The van der Waals surface area contributed by atoms with Crippen LogP contribution in [0.15, 0.2) is 0 Å². The fourth-order valence-electron chi connectivity index (χ4n) is 0.880. The number of rotatable bonds is 1. The topological polar surface area (TPSA) is 49.3 Å². The molecule has 0 aromatic heterocycles. The van der Waals surface area contributed by atoms with Gasteiger partial charge in [0.1, 0.15) is 0 Å². The van der Waals surface area contributed by atoms with Gasteiger partial charge >= 0.3 is 12.0 Å². The van der Waals surface area contributed by atoms with Gasteiger partial charge in [-0.3, -0.25) is 5.32 Å². The maximum absolute atomic E-state index is 12.7. The lowest BCUT2D eigenvalue weighted by Gasteiger charge is -2.04. The van der Waals surface area contributed by atoms with E-state index in [1.807, 2.05) is 0 Å². The van der Waals surface area contributed by atoms with Crippen molar-refractivity contribution in [3.05, 3.63) is 0 Å². The van der Waals surface area contributed by atoms with Crippen LogP contribution in [0.5, 0.6) is 0 Å². The van der Waals surface area contributed by atoms with Gasteiger partial charge in [-0.1, -0.05) is 6.92 Å². The summed E-state index contributed by atoms with van der Waals surface area (Å²) in [5.41, 5.74) is 0. The van der Waals surface area contributed by atoms with Gasteiger partial charge < -0.3 is 5.11 Å². The molecule has 64 valence electrons. The van der Waals surface area contributed by atoms with Gasteiger partial charge in [0.15, 0.2) is 0 Å². The second kappa shape index (κ2) is 1.80. The zero-order valence-corrected chi connectivity index (χ0v) is 5.57. The van der Waals surface area contributed by atoms with Crippen molar-refractivity contribution < 1.29 is 23.1 Å². The average Bonchev–Trinajstić information content (AvgIpc) is 2.13. The quantitative estimate of drug-likeness (QED) is 0.579. The number of halogens is 3. The van der Waals surface area contributed by atoms with E-state index in [1.165, 1.54) is 0 Å². The Kier molecular flexibility index (Phi) is 1.34. The fourth-order valence-corrected chi connectivity index (χ4v) is 0.880. The Morgan fingerprint density at radius 1 is 1.55 bits per heavy atom. The highest BCUT2D eigenvalue weighted by Gasteiger charge is 2.82. The smallest absolute Gasteiger partial charge is 0.407 e. The van der Waals surface area contributed by atoms with Crippen LogP contribution in [0.1, 0.15) is 6.92 Å². The zero-order chi connectivity index (χ0) is 8.86. The molecule has 1 saturated carbocycles. The second-order valence-electron chi connectivity index (χ2n) is 2.49. The van der Waals surface area contributed by atoms with Crippen molar-refractivity contribution in [3.63, 3.8) is 0 Å². The molecule has 1 amide bonds. The van der Waals surface area contributed by atoms with Crippen molar-refractivity contribution >= 4 is 6.09 Å². The van der Waals surface area contributed by atoms with Gasteiger partial charge in [-0.15, -0.1) is 0 Å². The van der Waals surface area contributed by atoms with E-state index in [0.29, 0.717) is 0 Å². The number of nitrogens with one attached hydrogen (secondary N) is 1. The summed E-state index contributed by atoms with van der Waals surface area (Å²) in [5.74, 6) is -8.20. The van der Waals surface area contributed by atoms with Crippen molar-refractivity contribution in [1.29, 1.82) is 0 Å². The van der Waals surface area contributed by atoms with Crippen molar-refractivity contribution in [2.24, 2.45) is 5.92 Å². The molecule has 2 atom stereocenters. The minimum atomic E-state index is -3.56. The minimum absolute atomic E-state index is 0.940. The molecule has 1 rings (SSSR count). The molecule has 0 radical (unpaired) electrons. The van der Waals surface area contributed by atoms with Crippen LogP contribution < -0.4 is 5.32 Å². The first kappa shape index (κ1) is 8.16. The van der Waals surface area contributed by atoms with Gasteiger partial charge in [0.05, 0.1) is 5.92 Å². The van der Waals surface area contributed by atoms with E-state index in [2.05, 4.69) is 0 Å². The standard InChI is InChI=1S/C5H6F3NO2/c1-2-4(6,7)5(2,8)9-3(10)11/h2,9H,1H3,(H,10,11). The van der Waals surface area contributed by atoms with E-state index < -0.39 is 23.7 Å². The van der Waals surface area contributed by atoms with Crippen LogP contribution in [0.2, 0.25) is 0 Å². The molecule has 6 heteroatoms. The first-order valence-corrected chi connectivity index (χ1v) is 2.90. The van der Waals surface area contributed by atoms with Crippen LogP contribution in [-0.2, 0) is 0 Å². The number of amides is 1. The molecular formula is C5H6F3NO2. The summed E-state index contributed by atoms with van der Waals surface area (Å²) in [6.07, 6.45) is -1.78. The van der Waals surface area contributed by atoms with Crippen molar-refractivity contribution in [3.8, 4) is 0 Å². The molecule has 0 bridgehead atoms. The Balaban J connectivity index is 2.67. The number of hydrogen-bond acceptors (Lipinski definition) is 1. The highest BCUT2D eigenvalue weighted by atomic mass is 19.3. The molecule has 2 unspecified atom stereocenters.